The van der Waals surface area contributed by atoms with Crippen molar-refractivity contribution in [1.82, 2.24) is 37.2 Å². The van der Waals surface area contributed by atoms with E-state index in [-0.39, 0.29) is 38.3 Å². The van der Waals surface area contributed by atoms with Gasteiger partial charge in [-0.1, -0.05) is 6.92 Å². The van der Waals surface area contributed by atoms with E-state index in [1.165, 1.54) is 34.6 Å². The van der Waals surface area contributed by atoms with E-state index in [9.17, 15) is 53.4 Å². The van der Waals surface area contributed by atoms with Gasteiger partial charge in [0.15, 0.2) is 6.29 Å². The third-order valence-electron chi connectivity index (χ3n) is 9.77. The van der Waals surface area contributed by atoms with Gasteiger partial charge in [-0.15, -0.1) is 0 Å². The highest BCUT2D eigenvalue weighted by atomic mass is 16.7. The zero-order valence-corrected chi connectivity index (χ0v) is 36.9. The van der Waals surface area contributed by atoms with Gasteiger partial charge in [-0.25, -0.2) is 0 Å². The standard InChI is InChI=1S/C39H69N9O15/c1-7-18-61-39-30(46-24(6)51)32(31(53)28(19-49)63-39)62-22(4)36(57)44-21(3)35(56)48-26(33(41)54)14-15-29(52)47-27(13-9-11-16-42-23(5)50)37(58)45-20(2)34(55)43-17-10-8-12-25(40)38(59)60/h20-22,25-28,30-32,39,49,53H,7-19,40H2,1-6H3,(H2,41,54)(H,42,50)(H,43,55)(H,44,57)(H,45,58)(H,46,51)(H,47,52)(H,48,56)(H,59,60)/t20-,21+,22-,25+,26-,27+,28-,30-,31-,32-,39+/m1/s1. The first kappa shape index (κ1) is 56.0. The molecule has 0 unspecified atom stereocenters. The lowest BCUT2D eigenvalue weighted by atomic mass is 9.96. The van der Waals surface area contributed by atoms with Gasteiger partial charge in [0.05, 0.1) is 6.61 Å². The molecule has 0 aromatic carbocycles. The molecule has 1 rings (SSSR count). The third-order valence-corrected chi connectivity index (χ3v) is 9.77. The summed E-state index contributed by atoms with van der Waals surface area (Å²) in [5.41, 5.74) is 11.0. The van der Waals surface area contributed by atoms with Crippen LogP contribution in [0, 0.1) is 0 Å². The number of primary amides is 1. The summed E-state index contributed by atoms with van der Waals surface area (Å²) < 4.78 is 17.2. The molecule has 11 atom stereocenters. The molecule has 1 saturated heterocycles. The van der Waals surface area contributed by atoms with Gasteiger partial charge in [0, 0.05) is 40.0 Å². The number of carboxylic acid groups (broad SMARTS) is 1. The maximum absolute atomic E-state index is 13.3. The molecule has 0 radical (unpaired) electrons. The van der Waals surface area contributed by atoms with Crippen molar-refractivity contribution in [2.75, 3.05) is 26.3 Å². The van der Waals surface area contributed by atoms with E-state index in [1.807, 2.05) is 6.92 Å². The first-order valence-electron chi connectivity index (χ1n) is 21.1. The van der Waals surface area contributed by atoms with Crippen molar-refractivity contribution in [3.63, 3.8) is 0 Å². The highest BCUT2D eigenvalue weighted by Gasteiger charge is 2.48. The fourth-order valence-electron chi connectivity index (χ4n) is 6.18. The topological polar surface area (TPSA) is 378 Å². The van der Waals surface area contributed by atoms with Crippen molar-refractivity contribution in [2.24, 2.45) is 11.5 Å². The Morgan fingerprint density at radius 3 is 1.92 bits per heavy atom. The smallest absolute Gasteiger partial charge is 0.320 e. The van der Waals surface area contributed by atoms with E-state index in [0.717, 1.165) is 0 Å². The number of rotatable bonds is 30. The molecule has 0 aliphatic carbocycles. The first-order chi connectivity index (χ1) is 29.6. The van der Waals surface area contributed by atoms with Crippen LogP contribution in [0.15, 0.2) is 0 Å². The molecule has 0 spiro atoms. The molecule has 14 N–H and O–H groups in total. The molecule has 63 heavy (non-hydrogen) atoms. The van der Waals surface area contributed by atoms with Crippen LogP contribution in [0.4, 0.5) is 0 Å². The Morgan fingerprint density at radius 2 is 1.35 bits per heavy atom. The van der Waals surface area contributed by atoms with Crippen molar-refractivity contribution in [3.8, 4) is 0 Å². The van der Waals surface area contributed by atoms with Crippen molar-refractivity contribution < 1.29 is 72.7 Å². The molecule has 1 heterocycles. The fraction of sp³-hybridized carbons (Fsp3) is 0.769. The van der Waals surface area contributed by atoms with Crippen LogP contribution in [-0.2, 0) is 57.4 Å². The second-order valence-corrected chi connectivity index (χ2v) is 15.3. The van der Waals surface area contributed by atoms with E-state index in [1.54, 1.807) is 0 Å². The Labute approximate surface area is 366 Å². The van der Waals surface area contributed by atoms with E-state index < -0.39 is 127 Å². The Morgan fingerprint density at radius 1 is 0.746 bits per heavy atom. The fourth-order valence-corrected chi connectivity index (χ4v) is 6.18. The number of unbranched alkanes of at least 4 members (excludes halogenated alkanes) is 2. The second-order valence-electron chi connectivity index (χ2n) is 15.3. The number of aliphatic hydroxyl groups excluding tert-OH is 2. The predicted molar refractivity (Wildman–Crippen MR) is 222 cm³/mol. The van der Waals surface area contributed by atoms with Gasteiger partial charge >= 0.3 is 5.97 Å². The Kier molecular flexibility index (Phi) is 26.1. The summed E-state index contributed by atoms with van der Waals surface area (Å²) in [4.78, 5) is 112. The molecule has 0 bridgehead atoms. The van der Waals surface area contributed by atoms with Crippen LogP contribution in [0.5, 0.6) is 0 Å². The van der Waals surface area contributed by atoms with Crippen LogP contribution in [0.3, 0.4) is 0 Å². The number of ether oxygens (including phenoxy) is 3. The van der Waals surface area contributed by atoms with Crippen molar-refractivity contribution >= 4 is 53.2 Å². The van der Waals surface area contributed by atoms with Gasteiger partial charge in [-0.05, 0) is 72.1 Å². The molecule has 360 valence electrons. The van der Waals surface area contributed by atoms with Gasteiger partial charge in [0.2, 0.25) is 47.3 Å². The molecule has 0 aromatic heterocycles. The minimum Gasteiger partial charge on any atom is -0.480 e. The van der Waals surface area contributed by atoms with Gasteiger partial charge < -0.3 is 78.2 Å². The number of nitrogens with one attached hydrogen (secondary N) is 7. The van der Waals surface area contributed by atoms with Crippen LogP contribution < -0.4 is 48.7 Å². The number of carbonyl (C=O) groups excluding carboxylic acids is 8. The summed E-state index contributed by atoms with van der Waals surface area (Å²) in [6, 6.07) is -6.93. The minimum atomic E-state index is -1.51. The Hall–Kier alpha value is -5.01. The molecule has 8 amide bonds. The molecule has 1 aliphatic rings. The molecule has 0 saturated carbocycles. The van der Waals surface area contributed by atoms with Crippen LogP contribution in [-0.4, -0.2) is 162 Å². The summed E-state index contributed by atoms with van der Waals surface area (Å²) in [7, 11) is 0. The molecular formula is C39H69N9O15. The van der Waals surface area contributed by atoms with Gasteiger partial charge in [0.1, 0.15) is 60.7 Å². The highest BCUT2D eigenvalue weighted by molar-refractivity contribution is 5.93. The van der Waals surface area contributed by atoms with Crippen molar-refractivity contribution in [1.29, 1.82) is 0 Å². The average Bonchev–Trinajstić information content (AvgIpc) is 3.21. The lowest BCUT2D eigenvalue weighted by molar-refractivity contribution is -0.280. The van der Waals surface area contributed by atoms with Crippen molar-refractivity contribution in [2.45, 2.75) is 166 Å². The number of amides is 8. The number of carboxylic acids is 1. The Balaban J connectivity index is 2.89. The van der Waals surface area contributed by atoms with Crippen LogP contribution in [0.1, 0.15) is 99.3 Å². The molecule has 24 nitrogen and oxygen atoms in total. The minimum absolute atomic E-state index is 0.112. The van der Waals surface area contributed by atoms with Crippen LogP contribution in [0.2, 0.25) is 0 Å². The molecule has 1 aliphatic heterocycles. The normalized spacial score (nSPS) is 21.2. The maximum Gasteiger partial charge on any atom is 0.320 e. The highest BCUT2D eigenvalue weighted by Crippen LogP contribution is 2.26. The van der Waals surface area contributed by atoms with Gasteiger partial charge in [-0.2, -0.15) is 0 Å². The molecule has 1 fully saturated rings. The monoisotopic (exact) mass is 903 g/mol. The van der Waals surface area contributed by atoms with E-state index in [0.29, 0.717) is 38.6 Å². The van der Waals surface area contributed by atoms with Crippen molar-refractivity contribution in [3.05, 3.63) is 0 Å². The maximum atomic E-state index is 13.3. The first-order valence-corrected chi connectivity index (χ1v) is 21.1. The lowest BCUT2D eigenvalue weighted by Crippen LogP contribution is -2.66. The SMILES string of the molecule is CCCO[C@H]1O[C@H](CO)[C@@H](O)[C@H](O[C@H](C)C(=O)N[C@@H](C)C(=O)N[C@H](CCC(=O)N[C@@H](CCCCNC(C)=O)C(=O)N[C@H](C)C(=O)NCCCC[C@H](N)C(=O)O)C(N)=O)[C@H]1NC(C)=O. The third kappa shape index (κ3) is 21.3. The molecule has 0 aromatic rings. The quantitative estimate of drug-likeness (QED) is 0.0306. The lowest BCUT2D eigenvalue weighted by Gasteiger charge is -2.44. The number of aliphatic hydroxyl groups is 2. The van der Waals surface area contributed by atoms with Gasteiger partial charge in [-0.3, -0.25) is 43.2 Å². The number of aliphatic carboxylic acids is 1. The number of nitrogens with two attached hydrogens (primary N) is 2. The zero-order valence-electron chi connectivity index (χ0n) is 36.9. The van der Waals surface area contributed by atoms with E-state index in [4.69, 9.17) is 30.8 Å². The van der Waals surface area contributed by atoms with Crippen LogP contribution in [0.25, 0.3) is 0 Å². The number of carbonyl (C=O) groups is 9. The zero-order chi connectivity index (χ0) is 47.8. The molecular weight excluding hydrogens is 834 g/mol. The molecule has 24 heteroatoms. The van der Waals surface area contributed by atoms with E-state index >= 15 is 0 Å². The Bertz CT molecular complexity index is 1540. The average molecular weight is 904 g/mol. The predicted octanol–water partition coefficient (Wildman–Crippen LogP) is -3.98. The summed E-state index contributed by atoms with van der Waals surface area (Å²) in [6.07, 6.45) is -4.50. The summed E-state index contributed by atoms with van der Waals surface area (Å²) in [5, 5.41) is 47.4. The summed E-state index contributed by atoms with van der Waals surface area (Å²) in [5.74, 6) is -6.47. The van der Waals surface area contributed by atoms with Crippen LogP contribution >= 0.6 is 0 Å². The van der Waals surface area contributed by atoms with Gasteiger partial charge in [0.25, 0.3) is 0 Å². The summed E-state index contributed by atoms with van der Waals surface area (Å²) in [6.45, 7) is 8.58. The number of hydrogen-bond donors (Lipinski definition) is 12. The summed E-state index contributed by atoms with van der Waals surface area (Å²) >= 11 is 0. The van der Waals surface area contributed by atoms with E-state index in [2.05, 4.69) is 37.2 Å². The largest absolute Gasteiger partial charge is 0.480 e. The second kappa shape index (κ2) is 29.4. The number of hydrogen-bond acceptors (Lipinski definition) is 15.